The van der Waals surface area contributed by atoms with Crippen LogP contribution in [0.4, 0.5) is 0 Å². The largest absolute Gasteiger partial charge is 0.293 e. The van der Waals surface area contributed by atoms with E-state index in [1.54, 1.807) is 12.2 Å². The van der Waals surface area contributed by atoms with E-state index in [0.717, 1.165) is 3.58 Å². The maximum Gasteiger partial charge on any atom is 0.173 e. The van der Waals surface area contributed by atoms with Crippen LogP contribution in [0.1, 0.15) is 0 Å². The predicted octanol–water partition coefficient (Wildman–Crippen LogP) is 2.25. The topological polar surface area (TPSA) is 17.1 Å². The maximum absolute atomic E-state index is 10.9. The Morgan fingerprint density at radius 3 is 2.67 bits per heavy atom. The molecule has 0 saturated carbocycles. The second-order valence-electron chi connectivity index (χ2n) is 1.68. The minimum absolute atomic E-state index is 0.0631. The number of hydrogen-bond acceptors (Lipinski definition) is 1. The van der Waals surface area contributed by atoms with Crippen LogP contribution in [0.2, 0.25) is 0 Å². The second kappa shape index (κ2) is 3.14. The lowest BCUT2D eigenvalue weighted by atomic mass is 10.2. The molecule has 0 radical (unpaired) electrons. The Hall–Kier alpha value is 0.610. The third-order valence-electron chi connectivity index (χ3n) is 1.01. The van der Waals surface area contributed by atoms with E-state index in [2.05, 4.69) is 45.2 Å². The lowest BCUT2D eigenvalue weighted by Gasteiger charge is -2.06. The molecule has 0 fully saturated rings. The van der Waals surface area contributed by atoms with Gasteiger partial charge in [-0.2, -0.15) is 0 Å². The van der Waals surface area contributed by atoms with E-state index >= 15 is 0 Å². The maximum atomic E-state index is 10.9. The number of allylic oxidation sites excluding steroid dienone is 4. The van der Waals surface area contributed by atoms with Crippen molar-refractivity contribution < 1.29 is 4.79 Å². The molecule has 1 atom stereocenters. The van der Waals surface area contributed by atoms with Crippen molar-refractivity contribution >= 4 is 51.0 Å². The van der Waals surface area contributed by atoms with Gasteiger partial charge in [0.25, 0.3) is 0 Å². The molecule has 0 N–H and O–H groups in total. The number of halogens is 2. The molecule has 0 heterocycles. The van der Waals surface area contributed by atoms with Crippen LogP contribution in [0, 0.1) is 0 Å². The van der Waals surface area contributed by atoms with Gasteiger partial charge in [-0.15, -0.1) is 0 Å². The van der Waals surface area contributed by atoms with Crippen LogP contribution in [-0.2, 0) is 4.79 Å². The summed E-state index contributed by atoms with van der Waals surface area (Å²) >= 11 is 4.31. The molecule has 0 spiro atoms. The molecule has 0 amide bonds. The van der Waals surface area contributed by atoms with E-state index in [9.17, 15) is 4.79 Å². The Labute approximate surface area is 80.9 Å². The summed E-state index contributed by atoms with van der Waals surface area (Å²) in [7, 11) is 0. The molecular formula is C6H4I2O. The van der Waals surface area contributed by atoms with Gasteiger partial charge in [0, 0.05) is 3.58 Å². The average molecular weight is 346 g/mol. The summed E-state index contributed by atoms with van der Waals surface area (Å²) in [6.45, 7) is 0. The first kappa shape index (κ1) is 7.71. The Morgan fingerprint density at radius 2 is 2.22 bits per heavy atom. The molecule has 0 aromatic rings. The highest BCUT2D eigenvalue weighted by Gasteiger charge is 2.16. The standard InChI is InChI=1S/C6H4I2O/c7-4-2-1-3-5(9)6(4)8/h1-3,6H. The summed E-state index contributed by atoms with van der Waals surface area (Å²) in [4.78, 5) is 10.9. The van der Waals surface area contributed by atoms with Crippen molar-refractivity contribution in [3.63, 3.8) is 0 Å². The molecule has 1 rings (SSSR count). The van der Waals surface area contributed by atoms with Crippen molar-refractivity contribution in [3.05, 3.63) is 21.8 Å². The van der Waals surface area contributed by atoms with Crippen LogP contribution in [0.3, 0.4) is 0 Å². The van der Waals surface area contributed by atoms with Crippen molar-refractivity contribution in [2.75, 3.05) is 0 Å². The van der Waals surface area contributed by atoms with E-state index < -0.39 is 0 Å². The Kier molecular flexibility index (Phi) is 2.69. The third-order valence-corrected chi connectivity index (χ3v) is 4.47. The highest BCUT2D eigenvalue weighted by atomic mass is 127. The highest BCUT2D eigenvalue weighted by molar-refractivity contribution is 14.1. The SMILES string of the molecule is O=C1C=CC=C(I)C1I. The molecule has 0 bridgehead atoms. The minimum Gasteiger partial charge on any atom is -0.293 e. The van der Waals surface area contributed by atoms with Crippen LogP contribution in [0.15, 0.2) is 21.8 Å². The predicted molar refractivity (Wildman–Crippen MR) is 54.1 cm³/mol. The smallest absolute Gasteiger partial charge is 0.173 e. The summed E-state index contributed by atoms with van der Waals surface area (Å²) in [5, 5.41) is 0. The van der Waals surface area contributed by atoms with E-state index in [-0.39, 0.29) is 9.71 Å². The number of hydrogen-bond donors (Lipinski definition) is 0. The first-order valence-electron chi connectivity index (χ1n) is 2.43. The number of ketones is 1. The molecule has 3 heteroatoms. The van der Waals surface area contributed by atoms with E-state index in [1.165, 1.54) is 0 Å². The summed E-state index contributed by atoms with van der Waals surface area (Å²) in [6.07, 6.45) is 5.36. The highest BCUT2D eigenvalue weighted by Crippen LogP contribution is 2.23. The number of carbonyl (C=O) groups is 1. The first-order valence-corrected chi connectivity index (χ1v) is 4.76. The lowest BCUT2D eigenvalue weighted by molar-refractivity contribution is -0.113. The summed E-state index contributed by atoms with van der Waals surface area (Å²) < 4.78 is 1.17. The molecule has 1 unspecified atom stereocenters. The van der Waals surface area contributed by atoms with Crippen LogP contribution < -0.4 is 0 Å². The Bertz CT molecular complexity index is 193. The fourth-order valence-corrected chi connectivity index (χ4v) is 1.47. The van der Waals surface area contributed by atoms with Crippen LogP contribution in [-0.4, -0.2) is 9.71 Å². The van der Waals surface area contributed by atoms with Gasteiger partial charge in [0.15, 0.2) is 5.78 Å². The Morgan fingerprint density at radius 1 is 1.56 bits per heavy atom. The zero-order valence-electron chi connectivity index (χ0n) is 4.47. The monoisotopic (exact) mass is 346 g/mol. The zero-order chi connectivity index (χ0) is 6.85. The molecular weight excluding hydrogens is 342 g/mol. The average Bonchev–Trinajstić information content (AvgIpc) is 1.83. The van der Waals surface area contributed by atoms with E-state index in [0.29, 0.717) is 0 Å². The molecule has 1 nitrogen and oxygen atoms in total. The summed E-state index contributed by atoms with van der Waals surface area (Å²) in [5.74, 6) is 0.197. The lowest BCUT2D eigenvalue weighted by Crippen LogP contribution is -2.12. The summed E-state index contributed by atoms with van der Waals surface area (Å²) in [6, 6.07) is 0. The molecule has 1 aliphatic carbocycles. The molecule has 0 aliphatic heterocycles. The number of rotatable bonds is 0. The fourth-order valence-electron chi connectivity index (χ4n) is 0.540. The molecule has 9 heavy (non-hydrogen) atoms. The normalized spacial score (nSPS) is 26.2. The first-order chi connectivity index (χ1) is 4.22. The van der Waals surface area contributed by atoms with Crippen LogP contribution in [0.25, 0.3) is 0 Å². The van der Waals surface area contributed by atoms with Gasteiger partial charge in [0.05, 0.1) is 0 Å². The fraction of sp³-hybridized carbons (Fsp3) is 0.167. The molecule has 0 saturated heterocycles. The molecule has 48 valence electrons. The van der Waals surface area contributed by atoms with Gasteiger partial charge in [-0.25, -0.2) is 0 Å². The van der Waals surface area contributed by atoms with Crippen LogP contribution >= 0.6 is 45.2 Å². The summed E-state index contributed by atoms with van der Waals surface area (Å²) in [5.41, 5.74) is 0. The second-order valence-corrected chi connectivity index (χ2v) is 4.17. The minimum atomic E-state index is 0.0631. The van der Waals surface area contributed by atoms with E-state index in [1.807, 2.05) is 6.08 Å². The van der Waals surface area contributed by atoms with Gasteiger partial charge in [0.1, 0.15) is 3.92 Å². The van der Waals surface area contributed by atoms with Gasteiger partial charge >= 0.3 is 0 Å². The van der Waals surface area contributed by atoms with E-state index in [4.69, 9.17) is 0 Å². The van der Waals surface area contributed by atoms with Crippen molar-refractivity contribution in [3.8, 4) is 0 Å². The van der Waals surface area contributed by atoms with Crippen LogP contribution in [0.5, 0.6) is 0 Å². The number of alkyl halides is 1. The van der Waals surface area contributed by atoms with Gasteiger partial charge < -0.3 is 0 Å². The van der Waals surface area contributed by atoms with Gasteiger partial charge in [-0.3, -0.25) is 4.79 Å². The zero-order valence-corrected chi connectivity index (χ0v) is 8.79. The molecule has 0 aromatic heterocycles. The third kappa shape index (κ3) is 1.76. The Balaban J connectivity index is 2.86. The van der Waals surface area contributed by atoms with Crippen molar-refractivity contribution in [1.82, 2.24) is 0 Å². The van der Waals surface area contributed by atoms with Crippen molar-refractivity contribution in [1.29, 1.82) is 0 Å². The van der Waals surface area contributed by atoms with Gasteiger partial charge in [-0.1, -0.05) is 34.7 Å². The van der Waals surface area contributed by atoms with Crippen molar-refractivity contribution in [2.45, 2.75) is 3.92 Å². The quantitative estimate of drug-likeness (QED) is 0.486. The van der Waals surface area contributed by atoms with Crippen molar-refractivity contribution in [2.24, 2.45) is 0 Å². The van der Waals surface area contributed by atoms with Gasteiger partial charge in [-0.05, 0) is 28.7 Å². The molecule has 0 aromatic carbocycles. The molecule has 1 aliphatic rings. The van der Waals surface area contributed by atoms with Gasteiger partial charge in [0.2, 0.25) is 0 Å². The number of carbonyl (C=O) groups excluding carboxylic acids is 1.